The molecule has 22 heavy (non-hydrogen) atoms. The molecule has 1 heterocycles. The maximum atomic E-state index is 12.5. The summed E-state index contributed by atoms with van der Waals surface area (Å²) in [7, 11) is 0. The minimum Gasteiger partial charge on any atom is -0.480 e. The van der Waals surface area contributed by atoms with Gasteiger partial charge in [0.1, 0.15) is 5.75 Å². The summed E-state index contributed by atoms with van der Waals surface area (Å²) >= 11 is 0. The maximum Gasteiger partial charge on any atom is 0.265 e. The molecule has 0 radical (unpaired) electrons. The standard InChI is InChI=1S/C18H20N2O2/c1-2-19-12-14-8-3-5-9-15(14)20-18(21)17-11-13-7-4-6-10-16(13)22-17/h3-10,17,19H,2,11-12H2,1H3,(H,20,21). The topological polar surface area (TPSA) is 50.4 Å². The van der Waals surface area contributed by atoms with Gasteiger partial charge >= 0.3 is 0 Å². The van der Waals surface area contributed by atoms with E-state index >= 15 is 0 Å². The van der Waals surface area contributed by atoms with Gasteiger partial charge < -0.3 is 15.4 Å². The molecule has 0 aromatic heterocycles. The number of fused-ring (bicyclic) bond motifs is 1. The molecule has 4 heteroatoms. The first kappa shape index (κ1) is 14.6. The molecule has 0 bridgehead atoms. The van der Waals surface area contributed by atoms with E-state index in [1.165, 1.54) is 0 Å². The summed E-state index contributed by atoms with van der Waals surface area (Å²) in [6, 6.07) is 15.6. The number of benzene rings is 2. The van der Waals surface area contributed by atoms with E-state index in [0.717, 1.165) is 35.7 Å². The SMILES string of the molecule is CCNCc1ccccc1NC(=O)C1Cc2ccccc2O1. The molecule has 0 saturated heterocycles. The molecule has 0 fully saturated rings. The van der Waals surface area contributed by atoms with Gasteiger partial charge in [0, 0.05) is 18.7 Å². The highest BCUT2D eigenvalue weighted by molar-refractivity contribution is 5.95. The number of ether oxygens (including phenoxy) is 1. The van der Waals surface area contributed by atoms with Crippen molar-refractivity contribution in [2.45, 2.75) is 26.0 Å². The van der Waals surface area contributed by atoms with Crippen LogP contribution in [-0.2, 0) is 17.8 Å². The van der Waals surface area contributed by atoms with E-state index in [9.17, 15) is 4.79 Å². The molecule has 3 rings (SSSR count). The molecule has 2 aromatic rings. The summed E-state index contributed by atoms with van der Waals surface area (Å²) in [5.41, 5.74) is 3.00. The van der Waals surface area contributed by atoms with E-state index in [-0.39, 0.29) is 5.91 Å². The Kier molecular flexibility index (Phi) is 4.39. The lowest BCUT2D eigenvalue weighted by Gasteiger charge is -2.14. The molecule has 4 nitrogen and oxygen atoms in total. The lowest BCUT2D eigenvalue weighted by molar-refractivity contribution is -0.122. The third kappa shape index (κ3) is 3.12. The molecule has 0 saturated carbocycles. The van der Waals surface area contributed by atoms with Gasteiger partial charge in [-0.05, 0) is 29.8 Å². The Morgan fingerprint density at radius 2 is 1.95 bits per heavy atom. The van der Waals surface area contributed by atoms with Gasteiger partial charge in [-0.25, -0.2) is 0 Å². The summed E-state index contributed by atoms with van der Waals surface area (Å²) in [4.78, 5) is 12.5. The summed E-state index contributed by atoms with van der Waals surface area (Å²) in [6.07, 6.45) is 0.168. The molecule has 1 aliphatic rings. The summed E-state index contributed by atoms with van der Waals surface area (Å²) in [5, 5.41) is 6.27. The number of carbonyl (C=O) groups is 1. The highest BCUT2D eigenvalue weighted by Crippen LogP contribution is 2.28. The molecular formula is C18H20N2O2. The van der Waals surface area contributed by atoms with Gasteiger partial charge in [0.05, 0.1) is 0 Å². The Balaban J connectivity index is 1.68. The van der Waals surface area contributed by atoms with Crippen LogP contribution in [0.5, 0.6) is 5.75 Å². The number of rotatable bonds is 5. The van der Waals surface area contributed by atoms with Crippen molar-refractivity contribution in [3.8, 4) is 5.75 Å². The predicted octanol–water partition coefficient (Wildman–Crippen LogP) is 2.74. The first-order valence-electron chi connectivity index (χ1n) is 7.62. The van der Waals surface area contributed by atoms with Gasteiger partial charge in [0.25, 0.3) is 5.91 Å². The fourth-order valence-corrected chi connectivity index (χ4v) is 2.60. The minimum absolute atomic E-state index is 0.0971. The normalized spacial score (nSPS) is 16.0. The average Bonchev–Trinajstić information content (AvgIpc) is 2.98. The zero-order valence-electron chi connectivity index (χ0n) is 12.6. The third-order valence-corrected chi connectivity index (χ3v) is 3.78. The maximum absolute atomic E-state index is 12.5. The minimum atomic E-state index is -0.454. The summed E-state index contributed by atoms with van der Waals surface area (Å²) in [6.45, 7) is 3.69. The van der Waals surface area contributed by atoms with Crippen molar-refractivity contribution in [2.24, 2.45) is 0 Å². The molecule has 1 atom stereocenters. The van der Waals surface area contributed by atoms with Crippen LogP contribution < -0.4 is 15.4 Å². The van der Waals surface area contributed by atoms with Gasteiger partial charge in [-0.1, -0.05) is 43.3 Å². The Hall–Kier alpha value is -2.33. The van der Waals surface area contributed by atoms with Crippen LogP contribution in [0.15, 0.2) is 48.5 Å². The van der Waals surface area contributed by atoms with E-state index in [1.54, 1.807) is 0 Å². The van der Waals surface area contributed by atoms with Crippen molar-refractivity contribution in [1.29, 1.82) is 0 Å². The van der Waals surface area contributed by atoms with E-state index < -0.39 is 6.10 Å². The number of amides is 1. The highest BCUT2D eigenvalue weighted by atomic mass is 16.5. The number of carbonyl (C=O) groups excluding carboxylic acids is 1. The third-order valence-electron chi connectivity index (χ3n) is 3.78. The second-order valence-corrected chi connectivity index (χ2v) is 5.35. The van der Waals surface area contributed by atoms with Crippen LogP contribution in [0.1, 0.15) is 18.1 Å². The van der Waals surface area contributed by atoms with Crippen molar-refractivity contribution in [3.63, 3.8) is 0 Å². The van der Waals surface area contributed by atoms with Crippen LogP contribution in [0.2, 0.25) is 0 Å². The molecule has 114 valence electrons. The fourth-order valence-electron chi connectivity index (χ4n) is 2.60. The van der Waals surface area contributed by atoms with Gasteiger partial charge in [-0.3, -0.25) is 4.79 Å². The number of nitrogens with one attached hydrogen (secondary N) is 2. The van der Waals surface area contributed by atoms with Gasteiger partial charge in [0.2, 0.25) is 0 Å². The van der Waals surface area contributed by atoms with Crippen LogP contribution in [0.4, 0.5) is 5.69 Å². The largest absolute Gasteiger partial charge is 0.480 e. The van der Waals surface area contributed by atoms with E-state index in [2.05, 4.69) is 17.6 Å². The molecule has 1 aliphatic heterocycles. The Morgan fingerprint density at radius 3 is 2.77 bits per heavy atom. The Labute approximate surface area is 130 Å². The number of para-hydroxylation sites is 2. The number of anilines is 1. The van der Waals surface area contributed by atoms with E-state index in [0.29, 0.717) is 6.42 Å². The number of hydrogen-bond donors (Lipinski definition) is 2. The molecule has 0 spiro atoms. The predicted molar refractivity (Wildman–Crippen MR) is 87.0 cm³/mol. The molecule has 2 aromatic carbocycles. The van der Waals surface area contributed by atoms with Crippen LogP contribution in [-0.4, -0.2) is 18.6 Å². The second-order valence-electron chi connectivity index (χ2n) is 5.35. The fraction of sp³-hybridized carbons (Fsp3) is 0.278. The molecule has 2 N–H and O–H groups in total. The zero-order chi connectivity index (χ0) is 15.4. The lowest BCUT2D eigenvalue weighted by Crippen LogP contribution is -2.32. The van der Waals surface area contributed by atoms with Gasteiger partial charge in [-0.15, -0.1) is 0 Å². The highest BCUT2D eigenvalue weighted by Gasteiger charge is 2.29. The molecular weight excluding hydrogens is 276 g/mol. The van der Waals surface area contributed by atoms with E-state index in [1.807, 2.05) is 48.5 Å². The molecule has 1 amide bonds. The first-order chi connectivity index (χ1) is 10.8. The zero-order valence-corrected chi connectivity index (χ0v) is 12.6. The summed E-state index contributed by atoms with van der Waals surface area (Å²) < 4.78 is 5.73. The first-order valence-corrected chi connectivity index (χ1v) is 7.62. The summed E-state index contributed by atoms with van der Waals surface area (Å²) in [5.74, 6) is 0.712. The van der Waals surface area contributed by atoms with Crippen molar-refractivity contribution >= 4 is 11.6 Å². The van der Waals surface area contributed by atoms with Crippen LogP contribution in [0.25, 0.3) is 0 Å². The van der Waals surface area contributed by atoms with Crippen molar-refractivity contribution in [1.82, 2.24) is 5.32 Å². The van der Waals surface area contributed by atoms with Crippen LogP contribution >= 0.6 is 0 Å². The average molecular weight is 296 g/mol. The van der Waals surface area contributed by atoms with Crippen molar-refractivity contribution in [2.75, 3.05) is 11.9 Å². The Bertz CT molecular complexity index is 645. The molecule has 0 aliphatic carbocycles. The quantitative estimate of drug-likeness (QED) is 0.892. The van der Waals surface area contributed by atoms with Crippen molar-refractivity contribution < 1.29 is 9.53 Å². The molecule has 1 unspecified atom stereocenters. The van der Waals surface area contributed by atoms with E-state index in [4.69, 9.17) is 4.74 Å². The Morgan fingerprint density at radius 1 is 1.18 bits per heavy atom. The second kappa shape index (κ2) is 6.62. The van der Waals surface area contributed by atoms with Crippen molar-refractivity contribution in [3.05, 3.63) is 59.7 Å². The number of hydrogen-bond acceptors (Lipinski definition) is 3. The monoisotopic (exact) mass is 296 g/mol. The van der Waals surface area contributed by atoms with Crippen LogP contribution in [0, 0.1) is 0 Å². The van der Waals surface area contributed by atoms with Gasteiger partial charge in [0.15, 0.2) is 6.10 Å². The van der Waals surface area contributed by atoms with Gasteiger partial charge in [-0.2, -0.15) is 0 Å². The lowest BCUT2D eigenvalue weighted by atomic mass is 10.1. The van der Waals surface area contributed by atoms with Crippen LogP contribution in [0.3, 0.4) is 0 Å². The smallest absolute Gasteiger partial charge is 0.265 e.